The molecule has 0 aliphatic heterocycles. The largest absolute Gasteiger partial charge is 0.316 e. The average molecular weight is 238 g/mol. The summed E-state index contributed by atoms with van der Waals surface area (Å²) in [6.07, 6.45) is 0. The van der Waals surface area contributed by atoms with Crippen molar-refractivity contribution < 1.29 is 8.42 Å². The lowest BCUT2D eigenvalue weighted by Crippen LogP contribution is -1.76. The van der Waals surface area contributed by atoms with Gasteiger partial charge in [0.25, 0.3) is 0 Å². The van der Waals surface area contributed by atoms with E-state index in [1.54, 1.807) is 13.0 Å². The first kappa shape index (κ1) is 10.5. The van der Waals surface area contributed by atoms with E-state index < -0.39 is 10.5 Å². The second-order valence-electron chi connectivity index (χ2n) is 2.36. The lowest BCUT2D eigenvalue weighted by atomic mass is 10.2. The van der Waals surface area contributed by atoms with Crippen molar-refractivity contribution in [2.45, 2.75) is 6.92 Å². The lowest BCUT2D eigenvalue weighted by Gasteiger charge is -1.99. The zero-order valence-corrected chi connectivity index (χ0v) is 8.91. The minimum atomic E-state index is -2.51. The maximum absolute atomic E-state index is 10.2. The first-order chi connectivity index (χ1) is 6.00. The molecule has 0 aliphatic rings. The molecular formula is C7H5Cl2NO2S. The lowest BCUT2D eigenvalue weighted by molar-refractivity contribution is 0.622. The van der Waals surface area contributed by atoms with Crippen molar-refractivity contribution in [3.63, 3.8) is 0 Å². The topological polar surface area (TPSA) is 46.5 Å². The van der Waals surface area contributed by atoms with Crippen LogP contribution in [0.5, 0.6) is 0 Å². The number of halogens is 2. The van der Waals surface area contributed by atoms with Crippen molar-refractivity contribution in [1.82, 2.24) is 0 Å². The second-order valence-corrected chi connectivity index (χ2v) is 3.79. The maximum Gasteiger partial charge on any atom is 0.316 e. The van der Waals surface area contributed by atoms with Crippen LogP contribution < -0.4 is 0 Å². The molecule has 0 saturated heterocycles. The van der Waals surface area contributed by atoms with Crippen molar-refractivity contribution in [1.29, 1.82) is 0 Å². The van der Waals surface area contributed by atoms with Crippen LogP contribution >= 0.6 is 23.2 Å². The number of rotatable bonds is 1. The van der Waals surface area contributed by atoms with Gasteiger partial charge < -0.3 is 0 Å². The van der Waals surface area contributed by atoms with E-state index in [2.05, 4.69) is 4.36 Å². The first-order valence-electron chi connectivity index (χ1n) is 3.27. The van der Waals surface area contributed by atoms with Gasteiger partial charge in [-0.05, 0) is 24.6 Å². The van der Waals surface area contributed by atoms with Gasteiger partial charge in [-0.3, -0.25) is 0 Å². The first-order valence-corrected chi connectivity index (χ1v) is 5.06. The standard InChI is InChI=1S/C7H5Cl2NO2S/c1-4-2-6(9)7(3-5(4)8)10-13(11)12/h2-3H,1H3. The van der Waals surface area contributed by atoms with Crippen LogP contribution in [0, 0.1) is 6.92 Å². The average Bonchev–Trinajstić information content (AvgIpc) is 1.99. The normalized spacial score (nSPS) is 9.77. The number of aryl methyl sites for hydroxylation is 1. The molecule has 3 nitrogen and oxygen atoms in total. The predicted octanol–water partition coefficient (Wildman–Crippen LogP) is 3.00. The second kappa shape index (κ2) is 4.09. The Hall–Kier alpha value is -0.580. The molecule has 0 amide bonds. The Labute approximate surface area is 87.0 Å². The molecule has 0 fully saturated rings. The summed E-state index contributed by atoms with van der Waals surface area (Å²) in [7, 11) is -2.51. The van der Waals surface area contributed by atoms with Gasteiger partial charge in [0.05, 0.1) is 5.02 Å². The van der Waals surface area contributed by atoms with Gasteiger partial charge in [0.15, 0.2) is 0 Å². The fraction of sp³-hybridized carbons (Fsp3) is 0.143. The minimum Gasteiger partial charge on any atom is -0.163 e. The molecule has 0 heterocycles. The third-order valence-corrected chi connectivity index (χ3v) is 2.46. The Balaban J connectivity index is 3.40. The van der Waals surface area contributed by atoms with E-state index in [9.17, 15) is 8.42 Å². The molecule has 6 heteroatoms. The van der Waals surface area contributed by atoms with Crippen LogP contribution in [0.15, 0.2) is 16.5 Å². The van der Waals surface area contributed by atoms with Crippen LogP contribution in [0.25, 0.3) is 0 Å². The minimum absolute atomic E-state index is 0.158. The van der Waals surface area contributed by atoms with Crippen molar-refractivity contribution >= 4 is 39.4 Å². The molecule has 13 heavy (non-hydrogen) atoms. The van der Waals surface area contributed by atoms with Crippen LogP contribution in [0.4, 0.5) is 5.69 Å². The molecule has 0 saturated carbocycles. The SMILES string of the molecule is Cc1cc(Cl)c(N=S(=O)=O)cc1Cl. The number of hydrogen-bond donors (Lipinski definition) is 0. The third-order valence-electron chi connectivity index (χ3n) is 1.40. The summed E-state index contributed by atoms with van der Waals surface area (Å²) >= 11 is 11.5. The van der Waals surface area contributed by atoms with Crippen molar-refractivity contribution in [2.75, 3.05) is 0 Å². The van der Waals surface area contributed by atoms with Crippen LogP contribution in [0.2, 0.25) is 10.0 Å². The quantitative estimate of drug-likeness (QED) is 0.754. The summed E-state index contributed by atoms with van der Waals surface area (Å²) in [6.45, 7) is 1.77. The fourth-order valence-corrected chi connectivity index (χ4v) is 1.57. The van der Waals surface area contributed by atoms with Crippen molar-refractivity contribution in [3.05, 3.63) is 27.7 Å². The molecule has 70 valence electrons. The van der Waals surface area contributed by atoms with Gasteiger partial charge in [0.2, 0.25) is 0 Å². The van der Waals surface area contributed by atoms with Crippen LogP contribution in [-0.4, -0.2) is 8.42 Å². The number of benzene rings is 1. The highest BCUT2D eigenvalue weighted by molar-refractivity contribution is 7.61. The molecule has 1 rings (SSSR count). The Morgan fingerprint density at radius 2 is 1.85 bits per heavy atom. The summed E-state index contributed by atoms with van der Waals surface area (Å²) in [5.41, 5.74) is 0.938. The van der Waals surface area contributed by atoms with Gasteiger partial charge >= 0.3 is 10.5 Å². The Morgan fingerprint density at radius 3 is 2.38 bits per heavy atom. The van der Waals surface area contributed by atoms with E-state index in [-0.39, 0.29) is 10.7 Å². The summed E-state index contributed by atoms with van der Waals surface area (Å²) in [6, 6.07) is 2.98. The Bertz CT molecular complexity index is 460. The molecule has 0 aliphatic carbocycles. The molecule has 1 aromatic carbocycles. The summed E-state index contributed by atoms with van der Waals surface area (Å²) < 4.78 is 23.8. The van der Waals surface area contributed by atoms with E-state index in [1.165, 1.54) is 6.07 Å². The predicted molar refractivity (Wildman–Crippen MR) is 52.2 cm³/mol. The Kier molecular flexibility index (Phi) is 3.30. The number of hydrogen-bond acceptors (Lipinski definition) is 3. The van der Waals surface area contributed by atoms with Gasteiger partial charge in [0.1, 0.15) is 5.69 Å². The zero-order chi connectivity index (χ0) is 10.0. The maximum atomic E-state index is 10.2. The van der Waals surface area contributed by atoms with Crippen LogP contribution in [0.1, 0.15) is 5.56 Å². The van der Waals surface area contributed by atoms with Crippen LogP contribution in [0.3, 0.4) is 0 Å². The summed E-state index contributed by atoms with van der Waals surface area (Å²) in [5, 5.41) is 0.708. The van der Waals surface area contributed by atoms with E-state index >= 15 is 0 Å². The molecule has 1 aromatic rings. The van der Waals surface area contributed by atoms with E-state index in [0.717, 1.165) is 5.56 Å². The molecule has 0 spiro atoms. The highest BCUT2D eigenvalue weighted by atomic mass is 35.5. The molecule has 0 aromatic heterocycles. The van der Waals surface area contributed by atoms with Gasteiger partial charge in [-0.2, -0.15) is 8.42 Å². The Morgan fingerprint density at radius 1 is 1.23 bits per heavy atom. The fourth-order valence-electron chi connectivity index (χ4n) is 0.786. The molecule has 0 radical (unpaired) electrons. The van der Waals surface area contributed by atoms with E-state index in [1.807, 2.05) is 0 Å². The van der Waals surface area contributed by atoms with Gasteiger partial charge in [-0.25, -0.2) is 0 Å². The molecule has 0 atom stereocenters. The van der Waals surface area contributed by atoms with Gasteiger partial charge in [-0.15, -0.1) is 4.36 Å². The third kappa shape index (κ3) is 2.69. The van der Waals surface area contributed by atoms with Gasteiger partial charge in [0, 0.05) is 5.02 Å². The van der Waals surface area contributed by atoms with E-state index in [0.29, 0.717) is 5.02 Å². The van der Waals surface area contributed by atoms with Crippen molar-refractivity contribution in [3.8, 4) is 0 Å². The summed E-state index contributed by atoms with van der Waals surface area (Å²) in [4.78, 5) is 0. The summed E-state index contributed by atoms with van der Waals surface area (Å²) in [5.74, 6) is 0. The molecule has 0 N–H and O–H groups in total. The number of nitrogens with zero attached hydrogens (tertiary/aromatic N) is 1. The zero-order valence-electron chi connectivity index (χ0n) is 6.58. The molecule has 0 unspecified atom stereocenters. The van der Waals surface area contributed by atoms with Crippen LogP contribution in [-0.2, 0) is 10.5 Å². The van der Waals surface area contributed by atoms with Crippen molar-refractivity contribution in [2.24, 2.45) is 4.36 Å². The highest BCUT2D eigenvalue weighted by Gasteiger charge is 2.03. The highest BCUT2D eigenvalue weighted by Crippen LogP contribution is 2.30. The molecule has 0 bridgehead atoms. The molecular weight excluding hydrogens is 233 g/mol. The van der Waals surface area contributed by atoms with Gasteiger partial charge in [-0.1, -0.05) is 23.2 Å². The monoisotopic (exact) mass is 237 g/mol. The van der Waals surface area contributed by atoms with E-state index in [4.69, 9.17) is 23.2 Å². The smallest absolute Gasteiger partial charge is 0.163 e.